The van der Waals surface area contributed by atoms with Crippen molar-refractivity contribution < 1.29 is 74.0 Å². The third-order valence-corrected chi connectivity index (χ3v) is 19.0. The number of carbonyl (C=O) groups is 7. The summed E-state index contributed by atoms with van der Waals surface area (Å²) in [7, 11) is 0. The number of carbonyl (C=O) groups excluding carboxylic acids is 7. The number of benzene rings is 2. The van der Waals surface area contributed by atoms with Crippen molar-refractivity contribution in [2.45, 2.75) is 151 Å². The third kappa shape index (κ3) is 16.4. The van der Waals surface area contributed by atoms with Gasteiger partial charge in [0.25, 0.3) is 5.91 Å². The lowest BCUT2D eigenvalue weighted by Gasteiger charge is -2.42. The van der Waals surface area contributed by atoms with Gasteiger partial charge in [0.15, 0.2) is 11.5 Å². The van der Waals surface area contributed by atoms with E-state index in [4.69, 9.17) is 21.2 Å². The molecule has 2 aromatic carbocycles. The Kier molecular flexibility index (Phi) is 23.2. The van der Waals surface area contributed by atoms with Crippen molar-refractivity contribution in [3.63, 3.8) is 0 Å². The van der Waals surface area contributed by atoms with Gasteiger partial charge in [-0.25, -0.2) is 4.98 Å². The van der Waals surface area contributed by atoms with Gasteiger partial charge in [0.1, 0.15) is 58.7 Å². The van der Waals surface area contributed by atoms with Gasteiger partial charge in [0.2, 0.25) is 35.4 Å². The van der Waals surface area contributed by atoms with E-state index in [1.165, 1.54) is 74.3 Å². The molecule has 4 aliphatic heterocycles. The molecule has 13 atom stereocenters. The molecule has 5 fully saturated rings. The van der Waals surface area contributed by atoms with Gasteiger partial charge in [0, 0.05) is 106 Å². The summed E-state index contributed by atoms with van der Waals surface area (Å²) in [5, 5.41) is 101. The Labute approximate surface area is 536 Å². The smallest absolute Gasteiger partial charge is 0.251 e. The van der Waals surface area contributed by atoms with Gasteiger partial charge in [-0.05, 0) is 93.5 Å². The van der Waals surface area contributed by atoms with Crippen LogP contribution in [0.15, 0.2) is 60.8 Å². The Hall–Kier alpha value is -7.52. The minimum atomic E-state index is -2.04. The van der Waals surface area contributed by atoms with Crippen LogP contribution in [0.2, 0.25) is 0 Å². The number of fused-ring (bicyclic) bond motifs is 2. The molecule has 0 radical (unpaired) electrons. The Morgan fingerprint density at radius 1 is 0.739 bits per heavy atom. The van der Waals surface area contributed by atoms with Crippen LogP contribution in [-0.2, 0) is 35.2 Å². The number of β-amino-alcohol motifs (C(OH)–C–C–N with tert-alkyl or cyclic N) is 1. The highest BCUT2D eigenvalue weighted by atomic mass is 32.1. The van der Waals surface area contributed by atoms with E-state index in [2.05, 4.69) is 53.5 Å². The number of piperazine rings is 1. The van der Waals surface area contributed by atoms with E-state index in [1.807, 2.05) is 12.1 Å². The largest absolute Gasteiger partial charge is 0.504 e. The third-order valence-electron chi connectivity index (χ3n) is 18.0. The number of nitrogens with one attached hydrogen (secondary N) is 5. The second-order valence-electron chi connectivity index (χ2n) is 24.8. The molecule has 0 unspecified atom stereocenters. The number of aromatic nitrogens is 3. The van der Waals surface area contributed by atoms with E-state index in [9.17, 15) is 69.3 Å². The second-order valence-corrected chi connectivity index (χ2v) is 25.8. The number of nitrogens with zero attached hydrogens (tertiary/aromatic N) is 7. The highest BCUT2D eigenvalue weighted by Crippen LogP contribution is 2.33. The molecule has 92 heavy (non-hydrogen) atoms. The van der Waals surface area contributed by atoms with Gasteiger partial charge in [-0.1, -0.05) is 43.4 Å². The number of aromatic hydroxyl groups is 1. The van der Waals surface area contributed by atoms with E-state index in [0.29, 0.717) is 21.6 Å². The molecule has 9 rings (SSSR count). The first-order valence-electron chi connectivity index (χ1n) is 31.4. The zero-order valence-corrected chi connectivity index (χ0v) is 52.6. The second kappa shape index (κ2) is 30.9. The van der Waals surface area contributed by atoms with Crippen LogP contribution in [0.3, 0.4) is 0 Å². The summed E-state index contributed by atoms with van der Waals surface area (Å²) in [4.78, 5) is 113. The van der Waals surface area contributed by atoms with Crippen LogP contribution in [0.1, 0.15) is 81.6 Å². The minimum absolute atomic E-state index is 0.00425. The molecule has 5 aliphatic rings. The number of hydrogen-bond acceptors (Lipinski definition) is 23. The Morgan fingerprint density at radius 2 is 1.40 bits per heavy atom. The molecule has 4 saturated heterocycles. The zero-order valence-electron chi connectivity index (χ0n) is 51.8. The summed E-state index contributed by atoms with van der Waals surface area (Å²) in [6, 6.07) is 3.86. The summed E-state index contributed by atoms with van der Waals surface area (Å²) < 4.78 is 5.52. The first-order valence-corrected chi connectivity index (χ1v) is 32.3. The van der Waals surface area contributed by atoms with Gasteiger partial charge in [0.05, 0.1) is 36.6 Å². The Balaban J connectivity index is 0.949. The van der Waals surface area contributed by atoms with Gasteiger partial charge >= 0.3 is 0 Å². The van der Waals surface area contributed by atoms with Gasteiger partial charge < -0.3 is 93.2 Å². The highest BCUT2D eigenvalue weighted by Gasteiger charge is 2.50. The average molecular weight is 1300 g/mol. The molecule has 29 nitrogen and oxygen atoms in total. The van der Waals surface area contributed by atoms with E-state index >= 15 is 0 Å². The number of phenols is 1. The SMILES string of the molecule is CC1CCC(N2CCN(c3ccc(-c4nnc(-c5ccc(C(=O)N[C@H]6C[C@@H](O)CNC(=O)[C@@H]7[C@@H](O)[C@@H](C)CN7C(=O)[C@H]([C@H](O)CCN)NC(=O)[C@H]([C@H](O)Cc7ccc(O)c(OCCN)c7)NC(=O)[C@@H]7C[C@@H](O)CN7C(=O)[C@H]([C@@H](C)O)NC6=O)cc5)s4)cn3)CC2)CC1. The van der Waals surface area contributed by atoms with Crippen molar-refractivity contribution in [1.82, 2.24) is 56.5 Å². The molecule has 0 spiro atoms. The predicted molar refractivity (Wildman–Crippen MR) is 335 cm³/mol. The number of pyridine rings is 1. The summed E-state index contributed by atoms with van der Waals surface area (Å²) in [5.74, 6) is -6.94. The van der Waals surface area contributed by atoms with Crippen molar-refractivity contribution in [3.8, 4) is 32.6 Å². The Bertz CT molecular complexity index is 3220. The molecule has 0 bridgehead atoms. The van der Waals surface area contributed by atoms with Crippen molar-refractivity contribution in [2.75, 3.05) is 70.4 Å². The Morgan fingerprint density at radius 3 is 2.07 bits per heavy atom. The van der Waals surface area contributed by atoms with Gasteiger partial charge in [-0.15, -0.1) is 10.2 Å². The number of amides is 7. The molecule has 2 aromatic heterocycles. The first-order chi connectivity index (χ1) is 44.0. The maximum absolute atomic E-state index is 14.7. The van der Waals surface area contributed by atoms with Crippen LogP contribution in [0.4, 0.5) is 5.82 Å². The fraction of sp³-hybridized carbons (Fsp3) is 0.581. The summed E-state index contributed by atoms with van der Waals surface area (Å²) >= 11 is 1.31. The molecule has 6 heterocycles. The summed E-state index contributed by atoms with van der Waals surface area (Å²) in [6.45, 7) is 7.20. The van der Waals surface area contributed by atoms with E-state index in [1.54, 1.807) is 18.3 Å². The molecule has 1 saturated carbocycles. The lowest BCUT2D eigenvalue weighted by atomic mass is 9.86. The maximum atomic E-state index is 14.7. The normalized spacial score (nSPS) is 28.6. The monoisotopic (exact) mass is 1300 g/mol. The molecular formula is C62H86N14O15S. The average Bonchev–Trinajstić information content (AvgIpc) is 1.63. The maximum Gasteiger partial charge on any atom is 0.251 e. The highest BCUT2D eigenvalue weighted by molar-refractivity contribution is 7.17. The molecule has 500 valence electrons. The fourth-order valence-electron chi connectivity index (χ4n) is 12.7. The van der Waals surface area contributed by atoms with E-state index in [-0.39, 0.29) is 55.3 Å². The van der Waals surface area contributed by atoms with Crippen LogP contribution in [0, 0.1) is 11.8 Å². The lowest BCUT2D eigenvalue weighted by molar-refractivity contribution is -0.147. The van der Waals surface area contributed by atoms with Gasteiger partial charge in [-0.2, -0.15) is 0 Å². The zero-order chi connectivity index (χ0) is 66.1. The number of anilines is 1. The summed E-state index contributed by atoms with van der Waals surface area (Å²) in [5.41, 5.74) is 13.1. The molecule has 4 aromatic rings. The van der Waals surface area contributed by atoms with Crippen molar-refractivity contribution in [1.29, 1.82) is 0 Å². The number of aliphatic hydroxyl groups excluding tert-OH is 6. The van der Waals surface area contributed by atoms with Crippen molar-refractivity contribution in [2.24, 2.45) is 23.3 Å². The van der Waals surface area contributed by atoms with Crippen molar-refractivity contribution >= 4 is 58.5 Å². The van der Waals surface area contributed by atoms with E-state index < -0.39 is 152 Å². The first kappa shape index (κ1) is 68.8. The molecule has 1 aliphatic carbocycles. The van der Waals surface area contributed by atoms with Gasteiger partial charge in [-0.3, -0.25) is 38.5 Å². The number of hydrogen-bond donors (Lipinski definition) is 14. The molecule has 30 heteroatoms. The lowest BCUT2D eigenvalue weighted by Crippen LogP contribution is -2.64. The predicted octanol–water partition coefficient (Wildman–Crippen LogP) is -2.69. The van der Waals surface area contributed by atoms with Crippen LogP contribution in [0.25, 0.3) is 21.1 Å². The van der Waals surface area contributed by atoms with Crippen LogP contribution in [-0.4, -0.2) is 251 Å². The quantitative estimate of drug-likeness (QED) is 0.0543. The number of ether oxygens (including phenoxy) is 1. The number of nitrogens with two attached hydrogens (primary N) is 2. The standard InChI is InChI=1S/C62H86N14O15S/c1-32-4-12-39(13-5-32)73-19-21-74(22-20-73)48-15-11-38(28-65-48)60-72-71-59(92-60)37-9-7-36(8-10-37)54(84)67-42-26-40(78)29-66-58(88)52-53(83)33(2)30-76(52)62(90)51(45(81)16-17-63)70-57(87)50(46(82)24-35-6-14-44(80)47(25-35)91-23-18-64)69-56(86)43-27-41(79)31-75(43)61(89)49(34(3)77)68-55(42)85/h6-11,14-15,25,28,32-34,39-43,45-46,49-53,77-83H,4-5,12-13,16-24,26-27,29-31,63-64H2,1-3H3,(H,66,88)(H,67,84)(H,68,85)(H,69,86)(H,70,87)/t32?,33-,34+,39?,40+,41+,42-,43-,45+,46+,49-,50-,51-,52-,53-/m0/s1. The minimum Gasteiger partial charge on any atom is -0.504 e. The molecule has 16 N–H and O–H groups in total. The van der Waals surface area contributed by atoms with Crippen LogP contribution in [0.5, 0.6) is 11.5 Å². The van der Waals surface area contributed by atoms with Crippen molar-refractivity contribution in [3.05, 3.63) is 71.9 Å². The number of rotatable bonds is 16. The number of phenolic OH excluding ortho intramolecular Hbond substituents is 1. The number of aliphatic hydroxyl groups is 6. The summed E-state index contributed by atoms with van der Waals surface area (Å²) in [6.07, 6.45) is -4.99. The van der Waals surface area contributed by atoms with E-state index in [0.717, 1.165) is 60.2 Å². The topological polar surface area (TPSA) is 434 Å². The molecular weight excluding hydrogens is 1210 g/mol. The molecule has 7 amide bonds. The van der Waals surface area contributed by atoms with Crippen LogP contribution >= 0.6 is 11.3 Å². The fourth-order valence-corrected chi connectivity index (χ4v) is 13.5. The van der Waals surface area contributed by atoms with Crippen LogP contribution < -0.4 is 47.7 Å².